The molecule has 0 saturated carbocycles. The molecule has 1 nitrogen and oxygen atoms in total. The fraction of sp³-hybridized carbons (Fsp3) is 0.183. The first kappa shape index (κ1) is 77.4. The number of hydrogen-bond donors (Lipinski definition) is 0. The van der Waals surface area contributed by atoms with Gasteiger partial charge in [-0.1, -0.05) is 62.4 Å². The van der Waals surface area contributed by atoms with Crippen LogP contribution >= 0.6 is 10.5 Å². The van der Waals surface area contributed by atoms with Gasteiger partial charge >= 0.3 is 203 Å². The normalized spacial score (nSPS) is 10.9. The molecule has 0 amide bonds. The monoisotopic (exact) mass is 1330 g/mol. The van der Waals surface area contributed by atoms with Crippen LogP contribution in [0.2, 0.25) is 0 Å². The maximum atomic E-state index is 13.3. The Labute approximate surface area is 491 Å². The number of fused-ring (bicyclic) bond motifs is 2. The number of hydrogen-bond acceptors (Lipinski definition) is 1. The van der Waals surface area contributed by atoms with Gasteiger partial charge in [0.05, 0.1) is 10.8 Å². The second-order valence-electron chi connectivity index (χ2n) is 15.4. The summed E-state index contributed by atoms with van der Waals surface area (Å²) >= 11 is -3.91. The summed E-state index contributed by atoms with van der Waals surface area (Å²) in [5, 5.41) is 1.69. The third-order valence-corrected chi connectivity index (χ3v) is 16.1. The minimum atomic E-state index is -6.06. The Morgan fingerprint density at radius 3 is 0.977 bits per heavy atom. The summed E-state index contributed by atoms with van der Waals surface area (Å²) in [7, 11) is -0.286. The van der Waals surface area contributed by atoms with E-state index in [0.717, 1.165) is 20.2 Å². The van der Waals surface area contributed by atoms with Crippen LogP contribution in [0, 0.1) is 138 Å². The Hall–Kier alpha value is -9.55. The van der Waals surface area contributed by atoms with Gasteiger partial charge in [-0.25, -0.2) is 0 Å². The first-order valence-corrected chi connectivity index (χ1v) is 28.2. The van der Waals surface area contributed by atoms with Crippen LogP contribution in [0.25, 0.3) is 36.2 Å². The van der Waals surface area contributed by atoms with Crippen molar-refractivity contribution < 1.29 is 111 Å². The smallest absolute Gasteiger partial charge is 0.288 e. The van der Waals surface area contributed by atoms with Crippen LogP contribution in [0.15, 0.2) is 102 Å². The van der Waals surface area contributed by atoms with Crippen LogP contribution in [0.5, 0.6) is 0 Å². The number of terminal acetylenes is 4. The molecular weight excluding hydrogens is 1290 g/mol. The standard InChI is InChI=1S/C28H23OS.4C6H.4C2F6.Ga.4H2/c1-19(2)22-14-17-27-25(18-22)28(29)24-10-6-7-11-26(24)30(27)23-15-12-21(13-16-23)20-8-4-3-5-9-20;4*1-3-5-6-4-2;4*3-1(4,5)2(6,7)8;;;;;/h3-19H,1-2H3;4*1H;;;;;;4*1H/q+1;;;;;;;;;-1;;;;. The maximum Gasteiger partial charge on any atom is 0.487 e. The molecular formula is C60H35F24GaOS. The fourth-order valence-electron chi connectivity index (χ4n) is 5.09. The molecule has 87 heavy (non-hydrogen) atoms. The Morgan fingerprint density at radius 2 is 0.667 bits per heavy atom. The van der Waals surface area contributed by atoms with Crippen molar-refractivity contribution in [2.75, 3.05) is 0 Å². The zero-order valence-corrected chi connectivity index (χ0v) is 46.3. The van der Waals surface area contributed by atoms with E-state index >= 15 is 0 Å². The molecule has 0 fully saturated rings. The van der Waals surface area contributed by atoms with Crippen molar-refractivity contribution >= 4 is 45.7 Å². The summed E-state index contributed by atoms with van der Waals surface area (Å²) in [6, 6.07) is 33.8. The molecule has 5 aromatic rings. The quantitative estimate of drug-likeness (QED) is 0.0578. The third kappa shape index (κ3) is 27.4. The van der Waals surface area contributed by atoms with Gasteiger partial charge in [-0.3, -0.25) is 4.79 Å². The molecule has 0 N–H and O–H groups in total. The van der Waals surface area contributed by atoms with Crippen LogP contribution in [0.1, 0.15) is 31.0 Å². The van der Waals surface area contributed by atoms with Crippen LogP contribution in [0.4, 0.5) is 105 Å². The van der Waals surface area contributed by atoms with Crippen LogP contribution in [-0.2, 0) is 0 Å². The molecule has 1 heterocycles. The summed E-state index contributed by atoms with van der Waals surface area (Å²) in [4.78, 5) is 14.5. The van der Waals surface area contributed by atoms with Gasteiger partial charge in [-0.2, -0.15) is 105 Å². The molecule has 0 aliphatic carbocycles. The van der Waals surface area contributed by atoms with Crippen molar-refractivity contribution in [3.8, 4) is 154 Å². The zero-order valence-electron chi connectivity index (χ0n) is 43.1. The molecule has 1 aromatic heterocycles. The molecule has 1 unspecified atom stereocenters. The maximum absolute atomic E-state index is 13.3. The van der Waals surface area contributed by atoms with E-state index < -0.39 is 64.4 Å². The number of alkyl halides is 24. The number of halogens is 24. The van der Waals surface area contributed by atoms with E-state index in [9.17, 15) is 110 Å². The SMILES string of the molecule is C#CC#CC#[C][Ga-]([C]#CC#CC#C)([C]#CC#CC#C)[C]#CC#CC#C.CC(C)c1ccc2c(c1)c(=O)c1ccccc1[s+]2-c1ccc(-c2ccccc2)cc1.FC(F)(F)C(F)(F)F.FC(F)(F)C(F)(F)F.FC(F)(F)C(F)(F)F.FC(F)(F)C(F)(F)F.[HH].[HH].[HH].[HH]. The molecule has 0 aliphatic heterocycles. The zero-order chi connectivity index (χ0) is 67.3. The van der Waals surface area contributed by atoms with Crippen molar-refractivity contribution in [1.29, 1.82) is 0 Å². The Balaban J connectivity index is -0.000000361. The van der Waals surface area contributed by atoms with Crippen molar-refractivity contribution in [2.45, 2.75) is 69.2 Å². The predicted molar refractivity (Wildman–Crippen MR) is 291 cm³/mol. The average molecular weight is 1330 g/mol. The molecule has 0 aliphatic rings. The van der Waals surface area contributed by atoms with Gasteiger partial charge in [0, 0.05) is 16.2 Å². The summed E-state index contributed by atoms with van der Waals surface area (Å²) in [6.07, 6.45) is -28.3. The van der Waals surface area contributed by atoms with E-state index in [1.165, 1.54) is 21.6 Å². The van der Waals surface area contributed by atoms with E-state index in [4.69, 9.17) is 25.7 Å². The van der Waals surface area contributed by atoms with Gasteiger partial charge in [-0.15, -0.1) is 0 Å². The second kappa shape index (κ2) is 33.8. The predicted octanol–water partition coefficient (Wildman–Crippen LogP) is 17.5. The first-order valence-electron chi connectivity index (χ1n) is 22.2. The van der Waals surface area contributed by atoms with Gasteiger partial charge in [0.2, 0.25) is 5.43 Å². The number of benzene rings is 4. The van der Waals surface area contributed by atoms with Gasteiger partial charge in [-0.05, 0) is 71.1 Å². The minimum absolute atomic E-state index is 0. The summed E-state index contributed by atoms with van der Waals surface area (Å²) in [5.41, 5.74) is 3.78. The molecule has 0 saturated heterocycles. The van der Waals surface area contributed by atoms with E-state index in [-0.39, 0.29) is 21.6 Å². The van der Waals surface area contributed by atoms with Gasteiger partial charge in [0.15, 0.2) is 14.3 Å². The third-order valence-electron chi connectivity index (χ3n) is 8.91. The molecule has 458 valence electrons. The van der Waals surface area contributed by atoms with Crippen LogP contribution in [-0.4, -0.2) is 64.4 Å². The molecule has 27 heteroatoms. The first-order chi connectivity index (χ1) is 39.9. The molecule has 0 radical (unpaired) electrons. The molecule has 5 rings (SSSR count). The largest absolute Gasteiger partial charge is 0.487 e. The molecule has 0 bridgehead atoms. The van der Waals surface area contributed by atoms with E-state index in [0.29, 0.717) is 5.92 Å². The Bertz CT molecular complexity index is 3620. The molecule has 1 atom stereocenters. The van der Waals surface area contributed by atoms with Crippen molar-refractivity contribution in [2.24, 2.45) is 0 Å². The Morgan fingerprint density at radius 1 is 0.368 bits per heavy atom. The van der Waals surface area contributed by atoms with E-state index in [1.54, 1.807) is 0 Å². The van der Waals surface area contributed by atoms with Gasteiger partial charge < -0.3 is 0 Å². The van der Waals surface area contributed by atoms with E-state index in [1.807, 2.05) is 24.3 Å². The number of rotatable bonds is 3. The Kier molecular flexibility index (Phi) is 30.1. The van der Waals surface area contributed by atoms with Gasteiger partial charge in [0.25, 0.3) is 0 Å². The van der Waals surface area contributed by atoms with Crippen molar-refractivity contribution in [1.82, 2.24) is 0 Å². The van der Waals surface area contributed by atoms with E-state index in [2.05, 4.69) is 199 Å². The van der Waals surface area contributed by atoms with Crippen LogP contribution in [0.3, 0.4) is 0 Å². The van der Waals surface area contributed by atoms with Crippen molar-refractivity contribution in [3.63, 3.8) is 0 Å². The summed E-state index contributed by atoms with van der Waals surface area (Å²) in [6.45, 7) is 4.34. The molecule has 0 spiro atoms. The summed E-state index contributed by atoms with van der Waals surface area (Å²) < 4.78 is 264. The van der Waals surface area contributed by atoms with Crippen molar-refractivity contribution in [3.05, 3.63) is 113 Å². The fourth-order valence-corrected chi connectivity index (χ4v) is 10.7. The minimum Gasteiger partial charge on any atom is -0.288 e. The summed E-state index contributed by atoms with van der Waals surface area (Å²) in [5.74, 6) is 38.9. The van der Waals surface area contributed by atoms with Gasteiger partial charge in [0.1, 0.15) is 0 Å². The second-order valence-corrected chi connectivity index (χ2v) is 23.5. The molecule has 4 aromatic carbocycles. The average Bonchev–Trinajstić information content (AvgIpc) is 0.763. The van der Waals surface area contributed by atoms with Crippen LogP contribution < -0.4 is 5.43 Å². The topological polar surface area (TPSA) is 17.1 Å².